The van der Waals surface area contributed by atoms with E-state index in [-0.39, 0.29) is 0 Å². The third-order valence-corrected chi connectivity index (χ3v) is 3.31. The van der Waals surface area contributed by atoms with Gasteiger partial charge in [-0.05, 0) is 26.3 Å². The van der Waals surface area contributed by atoms with Gasteiger partial charge in [-0.2, -0.15) is 0 Å². The highest BCUT2D eigenvalue weighted by atomic mass is 15.1. The van der Waals surface area contributed by atoms with Gasteiger partial charge >= 0.3 is 0 Å². The van der Waals surface area contributed by atoms with Crippen molar-refractivity contribution in [2.24, 2.45) is 0 Å². The maximum Gasteiger partial charge on any atom is 0.0601 e. The SMILES string of the molecule is CCCCC#CCN(C)C1CCCCC1. The molecule has 15 heavy (non-hydrogen) atoms. The van der Waals surface area contributed by atoms with E-state index in [0.717, 1.165) is 19.0 Å². The molecular formula is C14H25N. The van der Waals surface area contributed by atoms with Gasteiger partial charge in [0, 0.05) is 12.5 Å². The van der Waals surface area contributed by atoms with Crippen molar-refractivity contribution in [1.29, 1.82) is 0 Å². The molecule has 0 atom stereocenters. The Morgan fingerprint density at radius 3 is 2.53 bits per heavy atom. The summed E-state index contributed by atoms with van der Waals surface area (Å²) in [6, 6.07) is 0.805. The average Bonchev–Trinajstić information content (AvgIpc) is 2.30. The first-order valence-corrected chi connectivity index (χ1v) is 6.50. The van der Waals surface area contributed by atoms with Crippen LogP contribution in [0.15, 0.2) is 0 Å². The molecule has 0 spiro atoms. The Balaban J connectivity index is 2.15. The molecule has 0 radical (unpaired) electrons. The highest BCUT2D eigenvalue weighted by molar-refractivity contribution is 5.01. The molecule has 0 aromatic heterocycles. The average molecular weight is 207 g/mol. The Bertz CT molecular complexity index is 205. The Morgan fingerprint density at radius 1 is 1.13 bits per heavy atom. The van der Waals surface area contributed by atoms with E-state index in [4.69, 9.17) is 0 Å². The van der Waals surface area contributed by atoms with Crippen molar-refractivity contribution in [1.82, 2.24) is 4.90 Å². The van der Waals surface area contributed by atoms with E-state index >= 15 is 0 Å². The second-order valence-electron chi connectivity index (χ2n) is 4.66. The lowest BCUT2D eigenvalue weighted by molar-refractivity contribution is 0.212. The van der Waals surface area contributed by atoms with Crippen LogP contribution in [0.1, 0.15) is 58.3 Å². The molecule has 1 saturated carbocycles. The summed E-state index contributed by atoms with van der Waals surface area (Å²) < 4.78 is 0. The van der Waals surface area contributed by atoms with Gasteiger partial charge in [-0.25, -0.2) is 0 Å². The summed E-state index contributed by atoms with van der Waals surface area (Å²) in [5.41, 5.74) is 0. The molecule has 0 unspecified atom stereocenters. The lowest BCUT2D eigenvalue weighted by atomic mass is 9.94. The van der Waals surface area contributed by atoms with E-state index in [1.165, 1.54) is 44.9 Å². The van der Waals surface area contributed by atoms with Gasteiger partial charge in [0.15, 0.2) is 0 Å². The van der Waals surface area contributed by atoms with Crippen molar-refractivity contribution in [2.45, 2.75) is 64.3 Å². The van der Waals surface area contributed by atoms with Gasteiger partial charge in [-0.1, -0.05) is 38.5 Å². The molecule has 1 heteroatoms. The minimum atomic E-state index is 0.805. The lowest BCUT2D eigenvalue weighted by Crippen LogP contribution is -2.33. The first-order valence-electron chi connectivity index (χ1n) is 6.50. The van der Waals surface area contributed by atoms with Crippen LogP contribution in [0.4, 0.5) is 0 Å². The van der Waals surface area contributed by atoms with Crippen LogP contribution in [0.25, 0.3) is 0 Å². The quantitative estimate of drug-likeness (QED) is 0.504. The van der Waals surface area contributed by atoms with Crippen molar-refractivity contribution in [2.75, 3.05) is 13.6 Å². The third kappa shape index (κ3) is 5.23. The predicted molar refractivity (Wildman–Crippen MR) is 66.8 cm³/mol. The number of unbranched alkanes of at least 4 members (excludes halogenated alkanes) is 2. The molecule has 1 aliphatic carbocycles. The molecule has 0 aliphatic heterocycles. The lowest BCUT2D eigenvalue weighted by Gasteiger charge is -2.29. The van der Waals surface area contributed by atoms with Crippen LogP contribution in [0.5, 0.6) is 0 Å². The molecule has 86 valence electrons. The van der Waals surface area contributed by atoms with E-state index in [0.29, 0.717) is 0 Å². The zero-order valence-corrected chi connectivity index (χ0v) is 10.4. The van der Waals surface area contributed by atoms with Crippen molar-refractivity contribution >= 4 is 0 Å². The molecular weight excluding hydrogens is 182 g/mol. The molecule has 0 aromatic carbocycles. The van der Waals surface area contributed by atoms with Crippen LogP contribution < -0.4 is 0 Å². The molecule has 1 nitrogen and oxygen atoms in total. The fourth-order valence-corrected chi connectivity index (χ4v) is 2.19. The second kappa shape index (κ2) is 7.77. The van der Waals surface area contributed by atoms with E-state index in [1.807, 2.05) is 0 Å². The Kier molecular flexibility index (Phi) is 6.52. The Morgan fingerprint density at radius 2 is 1.87 bits per heavy atom. The van der Waals surface area contributed by atoms with Gasteiger partial charge in [-0.15, -0.1) is 5.92 Å². The maximum atomic E-state index is 3.29. The third-order valence-electron chi connectivity index (χ3n) is 3.31. The number of hydrogen-bond acceptors (Lipinski definition) is 1. The zero-order valence-electron chi connectivity index (χ0n) is 10.4. The van der Waals surface area contributed by atoms with Gasteiger partial charge in [0.05, 0.1) is 6.54 Å². The monoisotopic (exact) mass is 207 g/mol. The normalized spacial score (nSPS) is 17.5. The van der Waals surface area contributed by atoms with E-state index in [1.54, 1.807) is 0 Å². The van der Waals surface area contributed by atoms with Crippen molar-refractivity contribution in [3.05, 3.63) is 0 Å². The summed E-state index contributed by atoms with van der Waals surface area (Å²) in [5, 5.41) is 0. The fraction of sp³-hybridized carbons (Fsp3) is 0.857. The van der Waals surface area contributed by atoms with Crippen molar-refractivity contribution in [3.8, 4) is 11.8 Å². The molecule has 1 rings (SSSR count). The van der Waals surface area contributed by atoms with E-state index in [9.17, 15) is 0 Å². The van der Waals surface area contributed by atoms with E-state index in [2.05, 4.69) is 30.7 Å². The highest BCUT2D eigenvalue weighted by Crippen LogP contribution is 2.21. The molecule has 1 aliphatic rings. The summed E-state index contributed by atoms with van der Waals surface area (Å²) in [4.78, 5) is 2.44. The summed E-state index contributed by atoms with van der Waals surface area (Å²) in [7, 11) is 2.23. The Labute approximate surface area is 95.2 Å². The number of rotatable bonds is 4. The molecule has 0 N–H and O–H groups in total. The van der Waals surface area contributed by atoms with Gasteiger partial charge in [-0.3, -0.25) is 4.90 Å². The Hall–Kier alpha value is -0.480. The topological polar surface area (TPSA) is 3.24 Å². The largest absolute Gasteiger partial charge is 0.292 e. The molecule has 0 amide bonds. The van der Waals surface area contributed by atoms with E-state index < -0.39 is 0 Å². The van der Waals surface area contributed by atoms with Crippen LogP contribution in [0.2, 0.25) is 0 Å². The molecule has 0 heterocycles. The van der Waals surface area contributed by atoms with Gasteiger partial charge in [0.2, 0.25) is 0 Å². The molecule has 1 fully saturated rings. The minimum absolute atomic E-state index is 0.805. The van der Waals surface area contributed by atoms with Gasteiger partial charge in [0.1, 0.15) is 0 Å². The highest BCUT2D eigenvalue weighted by Gasteiger charge is 2.16. The first-order chi connectivity index (χ1) is 7.34. The second-order valence-corrected chi connectivity index (χ2v) is 4.66. The number of hydrogen-bond donors (Lipinski definition) is 0. The summed E-state index contributed by atoms with van der Waals surface area (Å²) in [6.07, 6.45) is 10.6. The van der Waals surface area contributed by atoms with Crippen LogP contribution in [0.3, 0.4) is 0 Å². The smallest absolute Gasteiger partial charge is 0.0601 e. The standard InChI is InChI=1S/C14H25N/c1-3-4-5-6-10-13-15(2)14-11-8-7-9-12-14/h14H,3-5,7-9,11-13H2,1-2H3. The molecule has 0 bridgehead atoms. The van der Waals surface area contributed by atoms with Crippen LogP contribution in [-0.4, -0.2) is 24.5 Å². The minimum Gasteiger partial charge on any atom is -0.292 e. The van der Waals surface area contributed by atoms with Crippen LogP contribution >= 0.6 is 0 Å². The zero-order chi connectivity index (χ0) is 10.9. The molecule has 0 saturated heterocycles. The van der Waals surface area contributed by atoms with Crippen LogP contribution in [0, 0.1) is 11.8 Å². The predicted octanol–water partition coefficient (Wildman–Crippen LogP) is 3.44. The van der Waals surface area contributed by atoms with Gasteiger partial charge < -0.3 is 0 Å². The first kappa shape index (κ1) is 12.6. The summed E-state index contributed by atoms with van der Waals surface area (Å²) >= 11 is 0. The number of nitrogens with zero attached hydrogens (tertiary/aromatic N) is 1. The van der Waals surface area contributed by atoms with Crippen molar-refractivity contribution < 1.29 is 0 Å². The van der Waals surface area contributed by atoms with Gasteiger partial charge in [0.25, 0.3) is 0 Å². The van der Waals surface area contributed by atoms with Crippen LogP contribution in [-0.2, 0) is 0 Å². The van der Waals surface area contributed by atoms with Crippen molar-refractivity contribution in [3.63, 3.8) is 0 Å². The summed E-state index contributed by atoms with van der Waals surface area (Å²) in [5.74, 6) is 6.56. The maximum absolute atomic E-state index is 3.29. The fourth-order valence-electron chi connectivity index (χ4n) is 2.19. The molecule has 0 aromatic rings. The summed E-state index contributed by atoms with van der Waals surface area (Å²) in [6.45, 7) is 3.18.